The zero-order valence-corrected chi connectivity index (χ0v) is 37.1. The second-order valence-electron chi connectivity index (χ2n) is 16.2. The van der Waals surface area contributed by atoms with E-state index in [-0.39, 0.29) is 57.2 Å². The molecule has 2 saturated heterocycles. The molecule has 17 nitrogen and oxygen atoms in total. The molecule has 20 heteroatoms. The number of fused-ring (bicyclic) bond motifs is 1. The minimum Gasteiger partial charge on any atom is -0.451 e. The average Bonchev–Trinajstić information content (AvgIpc) is 3.44. The summed E-state index contributed by atoms with van der Waals surface area (Å²) in [6, 6.07) is 10.7. The number of nitrogens with one attached hydrogen (secondary N) is 1. The van der Waals surface area contributed by atoms with Gasteiger partial charge in [0, 0.05) is 30.8 Å². The van der Waals surface area contributed by atoms with E-state index >= 15 is 0 Å². The first-order valence-corrected chi connectivity index (χ1v) is 24.0. The molecule has 0 aliphatic carbocycles. The Morgan fingerprint density at radius 3 is 2.15 bits per heavy atom. The topological polar surface area (TPSA) is 228 Å². The highest BCUT2D eigenvalue weighted by Gasteiger charge is 2.80. The monoisotopic (exact) mass is 877 g/mol. The number of nitro groups is 1. The van der Waals surface area contributed by atoms with Crippen LogP contribution >= 0.6 is 11.6 Å². The molecule has 0 bridgehead atoms. The van der Waals surface area contributed by atoms with Crippen molar-refractivity contribution in [1.29, 1.82) is 0 Å². The highest BCUT2D eigenvalue weighted by Crippen LogP contribution is 2.60. The molecule has 1 aromatic heterocycles. The molecule has 3 N–H and O–H groups in total. The van der Waals surface area contributed by atoms with Crippen molar-refractivity contribution in [3.63, 3.8) is 0 Å². The van der Waals surface area contributed by atoms with E-state index in [1.54, 1.807) is 12.1 Å². The molecule has 2 aliphatic heterocycles. The van der Waals surface area contributed by atoms with Crippen molar-refractivity contribution >= 4 is 46.0 Å². The lowest BCUT2D eigenvalue weighted by molar-refractivity contribution is -0.384. The molecule has 2 unspecified atom stereocenters. The van der Waals surface area contributed by atoms with Gasteiger partial charge in [0.25, 0.3) is 11.2 Å². The lowest BCUT2D eigenvalue weighted by Crippen LogP contribution is -2.85. The number of ether oxygens (including phenoxy) is 5. The maximum absolute atomic E-state index is 13.5. The summed E-state index contributed by atoms with van der Waals surface area (Å²) in [4.78, 5) is 63.9. The Morgan fingerprint density at radius 2 is 1.61 bits per heavy atom. The maximum atomic E-state index is 13.5. The van der Waals surface area contributed by atoms with Crippen LogP contribution in [0.2, 0.25) is 27.2 Å². The summed E-state index contributed by atoms with van der Waals surface area (Å²) in [7, 11) is -6.80. The fourth-order valence-electron chi connectivity index (χ4n) is 8.88. The summed E-state index contributed by atoms with van der Waals surface area (Å²) in [6.07, 6.45) is -5.12. The van der Waals surface area contributed by atoms with Crippen LogP contribution in [0.3, 0.4) is 0 Å². The molecule has 3 heterocycles. The van der Waals surface area contributed by atoms with E-state index in [0.717, 1.165) is 10.6 Å². The van der Waals surface area contributed by atoms with Crippen molar-refractivity contribution in [2.75, 3.05) is 6.61 Å². The second kappa shape index (κ2) is 17.8. The third kappa shape index (κ3) is 8.43. The number of aliphatic hydroxyl groups is 2. The lowest BCUT2D eigenvalue weighted by atomic mass is 10.1. The van der Waals surface area contributed by atoms with Gasteiger partial charge in [-0.05, 0) is 52.9 Å². The van der Waals surface area contributed by atoms with Crippen LogP contribution < -0.4 is 16.0 Å². The molecule has 2 aromatic carbocycles. The maximum Gasteiger partial charge on any atom is 0.513 e. The number of non-ortho nitro benzene ring substituents is 1. The van der Waals surface area contributed by atoms with Gasteiger partial charge in [-0.2, -0.15) is 0 Å². The van der Waals surface area contributed by atoms with Gasteiger partial charge in [-0.15, -0.1) is 0 Å². The number of rotatable bonds is 14. The van der Waals surface area contributed by atoms with Crippen molar-refractivity contribution in [2.24, 2.45) is 0 Å². The van der Waals surface area contributed by atoms with Crippen LogP contribution in [0, 0.1) is 10.1 Å². The minimum absolute atomic E-state index is 0.0499. The number of nitro benzene ring substituents is 1. The Kier molecular flexibility index (Phi) is 13.8. The first-order chi connectivity index (χ1) is 27.6. The van der Waals surface area contributed by atoms with E-state index < -0.39 is 80.6 Å². The normalized spacial score (nSPS) is 23.9. The summed E-state index contributed by atoms with van der Waals surface area (Å²) in [5, 5.41) is 34.4. The molecule has 0 radical (unpaired) electrons. The Hall–Kier alpha value is -4.22. The minimum atomic E-state index is -3.60. The van der Waals surface area contributed by atoms with E-state index in [0.29, 0.717) is 5.56 Å². The van der Waals surface area contributed by atoms with E-state index in [1.807, 2.05) is 55.4 Å². The summed E-state index contributed by atoms with van der Waals surface area (Å²) >= 11 is 6.38. The Morgan fingerprint density at radius 1 is 0.983 bits per heavy atom. The fourth-order valence-corrected chi connectivity index (χ4v) is 24.5. The van der Waals surface area contributed by atoms with Crippen LogP contribution in [0.25, 0.3) is 0 Å². The smallest absolute Gasteiger partial charge is 0.451 e. The zero-order valence-electron chi connectivity index (χ0n) is 34.4. The summed E-state index contributed by atoms with van der Waals surface area (Å²) in [5.41, 5.74) is -2.93. The molecule has 5 rings (SSSR count). The van der Waals surface area contributed by atoms with Crippen LogP contribution in [0.4, 0.5) is 10.5 Å². The molecule has 0 spiro atoms. The number of aliphatic hydroxyl groups excluding tert-OH is 1. The van der Waals surface area contributed by atoms with Crippen LogP contribution in [0.15, 0.2) is 64.3 Å². The number of esters is 1. The molecule has 0 amide bonds. The largest absolute Gasteiger partial charge is 0.513 e. The summed E-state index contributed by atoms with van der Waals surface area (Å²) in [6.45, 7) is 17.1. The van der Waals surface area contributed by atoms with Crippen molar-refractivity contribution < 1.29 is 52.5 Å². The Balaban J connectivity index is 1.39. The van der Waals surface area contributed by atoms with Gasteiger partial charge in [-0.1, -0.05) is 79.1 Å². The summed E-state index contributed by atoms with van der Waals surface area (Å²) < 4.78 is 37.6. The van der Waals surface area contributed by atoms with E-state index in [2.05, 4.69) is 4.98 Å². The second-order valence-corrected chi connectivity index (χ2v) is 26.7. The number of carbonyl (C=O) groups is 2. The Labute approximate surface area is 347 Å². The molecular formula is C39H52ClN3O14Si2. The Bertz CT molecular complexity index is 2130. The number of aromatic nitrogens is 2. The third-order valence-electron chi connectivity index (χ3n) is 11.5. The van der Waals surface area contributed by atoms with Crippen molar-refractivity contribution in [3.05, 3.63) is 102 Å². The predicted molar refractivity (Wildman–Crippen MR) is 219 cm³/mol. The molecule has 322 valence electrons. The lowest BCUT2D eigenvalue weighted by Gasteiger charge is -2.63. The van der Waals surface area contributed by atoms with Gasteiger partial charge in [0.15, 0.2) is 12.0 Å². The quantitative estimate of drug-likeness (QED) is 0.0417. The average molecular weight is 878 g/mol. The van der Waals surface area contributed by atoms with Gasteiger partial charge in [0.1, 0.15) is 23.2 Å². The van der Waals surface area contributed by atoms with Gasteiger partial charge in [-0.25, -0.2) is 14.4 Å². The highest BCUT2D eigenvalue weighted by molar-refractivity contribution is 6.93. The SMILES string of the molecule is CC(OC(=O)c1ccc(OC(=O)OCCc2ccc([N+](=O)[O-])cc2)c(Cl)c1)O[C@H]1[C@H](n2ccc(=O)[nH]c2=O)O[C@@H]2C(O)[Si](C(C)C)(C(C)C)O[Si](C(C)C)(C(C)C)[C@@]21O. The molecule has 6 atom stereocenters. The first kappa shape index (κ1) is 45.9. The number of hydrogen-bond acceptors (Lipinski definition) is 14. The fraction of sp³-hybridized carbons (Fsp3) is 0.538. The molecule has 3 aromatic rings. The van der Waals surface area contributed by atoms with E-state index in [4.69, 9.17) is 39.4 Å². The van der Waals surface area contributed by atoms with Crippen LogP contribution in [0.5, 0.6) is 5.75 Å². The molecule has 0 saturated carbocycles. The van der Waals surface area contributed by atoms with Gasteiger partial charge >= 0.3 is 17.8 Å². The van der Waals surface area contributed by atoms with E-state index in [1.165, 1.54) is 43.5 Å². The molecule has 59 heavy (non-hydrogen) atoms. The number of nitrogens with zero attached hydrogens (tertiary/aromatic N) is 2. The third-order valence-corrected chi connectivity index (χ3v) is 24.7. The number of aromatic amines is 1. The standard InChI is InChI=1S/C39H52ClN3O14Si2/c1-21(2)58(22(3)4)36(46)33-39(49,59(57-58,23(5)6)24(7)8)32(34(56-33)42-18-16-31(44)41-37(42)47)53-25(9)54-35(45)27-12-15-30(29(40)20-27)55-38(48)52-19-17-26-10-13-28(14-11-26)43(50)51/h10-16,18,20-25,32-34,36,46,49H,17,19H2,1-9H3,(H,41,44,47)/t25?,32-,33+,34+,36?,39+/m0/s1. The van der Waals surface area contributed by atoms with Crippen molar-refractivity contribution in [2.45, 2.75) is 127 Å². The van der Waals surface area contributed by atoms with Gasteiger partial charge in [0.2, 0.25) is 22.9 Å². The van der Waals surface area contributed by atoms with Crippen molar-refractivity contribution in [1.82, 2.24) is 9.55 Å². The van der Waals surface area contributed by atoms with Gasteiger partial charge < -0.3 is 38.0 Å². The number of benzene rings is 2. The van der Waals surface area contributed by atoms with Gasteiger partial charge in [0.05, 0.1) is 22.1 Å². The van der Waals surface area contributed by atoms with E-state index in [9.17, 15) is 39.5 Å². The first-order valence-electron chi connectivity index (χ1n) is 19.4. The van der Waals surface area contributed by atoms with Crippen molar-refractivity contribution in [3.8, 4) is 5.75 Å². The zero-order chi connectivity index (χ0) is 43.8. The van der Waals surface area contributed by atoms with Crippen LogP contribution in [-0.4, -0.2) is 89.5 Å². The number of H-pyrrole nitrogens is 1. The highest BCUT2D eigenvalue weighted by atomic mass is 35.5. The summed E-state index contributed by atoms with van der Waals surface area (Å²) in [5.74, 6) is -1.01. The molecular weight excluding hydrogens is 826 g/mol. The number of carbonyl (C=O) groups excluding carboxylic acids is 2. The number of hydrogen-bond donors (Lipinski definition) is 3. The molecule has 2 aliphatic rings. The van der Waals surface area contributed by atoms with Gasteiger partial charge in [-0.3, -0.25) is 24.5 Å². The molecule has 2 fully saturated rings. The number of halogens is 1. The van der Waals surface area contributed by atoms with Crippen LogP contribution in [-0.2, 0) is 29.5 Å². The van der Waals surface area contributed by atoms with Crippen LogP contribution in [0.1, 0.15) is 84.5 Å². The predicted octanol–water partition coefficient (Wildman–Crippen LogP) is 6.07.